The Labute approximate surface area is 171 Å². The zero-order valence-electron chi connectivity index (χ0n) is 14.9. The van der Waals surface area contributed by atoms with Crippen molar-refractivity contribution < 1.29 is 9.53 Å². The number of hydrogen-bond donors (Lipinski definition) is 0. The molecule has 4 rings (SSSR count). The van der Waals surface area contributed by atoms with Crippen LogP contribution in [0.2, 0.25) is 5.02 Å². The highest BCUT2D eigenvalue weighted by molar-refractivity contribution is 7.98. The fourth-order valence-corrected chi connectivity index (χ4v) is 4.77. The molecular weight excluding hydrogens is 400 g/mol. The van der Waals surface area contributed by atoms with Gasteiger partial charge < -0.3 is 4.74 Å². The smallest absolute Gasteiger partial charge is 0.261 e. The van der Waals surface area contributed by atoms with Crippen molar-refractivity contribution in [3.63, 3.8) is 0 Å². The van der Waals surface area contributed by atoms with Gasteiger partial charge >= 0.3 is 0 Å². The molecule has 0 bridgehead atoms. The van der Waals surface area contributed by atoms with Gasteiger partial charge in [0.1, 0.15) is 0 Å². The molecule has 27 heavy (non-hydrogen) atoms. The first-order valence-electron chi connectivity index (χ1n) is 8.78. The van der Waals surface area contributed by atoms with Crippen molar-refractivity contribution in [2.24, 2.45) is 0 Å². The van der Waals surface area contributed by atoms with E-state index in [0.29, 0.717) is 22.3 Å². The van der Waals surface area contributed by atoms with E-state index in [1.807, 2.05) is 42.7 Å². The molecule has 3 aromatic rings. The summed E-state index contributed by atoms with van der Waals surface area (Å²) in [7, 11) is 0. The van der Waals surface area contributed by atoms with Crippen LogP contribution in [0.25, 0.3) is 10.2 Å². The standard InChI is InChI=1S/C20H19ClN2O2S2/c1-26-14-8-9-16(21)15(11-14)19(24)23(12-13-5-4-10-25-13)20-22-17-6-2-3-7-18(17)27-20/h2-3,6-9,11,13H,4-5,10,12H2,1H3. The van der Waals surface area contributed by atoms with Gasteiger partial charge in [-0.05, 0) is 49.4 Å². The molecule has 1 unspecified atom stereocenters. The third-order valence-electron chi connectivity index (χ3n) is 4.57. The highest BCUT2D eigenvalue weighted by Crippen LogP contribution is 2.32. The Bertz CT molecular complexity index is 937. The van der Waals surface area contributed by atoms with E-state index in [-0.39, 0.29) is 12.0 Å². The van der Waals surface area contributed by atoms with E-state index in [0.717, 1.165) is 34.6 Å². The number of benzene rings is 2. The molecule has 1 amide bonds. The molecule has 1 aromatic heterocycles. The average molecular weight is 419 g/mol. The topological polar surface area (TPSA) is 42.4 Å². The van der Waals surface area contributed by atoms with Crippen molar-refractivity contribution in [3.8, 4) is 0 Å². The van der Waals surface area contributed by atoms with E-state index >= 15 is 0 Å². The predicted octanol–water partition coefficient (Wildman–Crippen LogP) is 5.50. The number of fused-ring (bicyclic) bond motifs is 1. The molecule has 7 heteroatoms. The third kappa shape index (κ3) is 3.99. The number of thiazole rings is 1. The molecule has 0 radical (unpaired) electrons. The summed E-state index contributed by atoms with van der Waals surface area (Å²) >= 11 is 9.47. The van der Waals surface area contributed by atoms with Gasteiger partial charge in [-0.3, -0.25) is 9.69 Å². The summed E-state index contributed by atoms with van der Waals surface area (Å²) in [6.07, 6.45) is 3.99. The molecule has 1 fully saturated rings. The lowest BCUT2D eigenvalue weighted by atomic mass is 10.1. The quantitative estimate of drug-likeness (QED) is 0.513. The van der Waals surface area contributed by atoms with Gasteiger partial charge in [0.15, 0.2) is 5.13 Å². The molecule has 2 aromatic carbocycles. The molecule has 1 aliphatic heterocycles. The number of hydrogen-bond acceptors (Lipinski definition) is 5. The normalized spacial score (nSPS) is 16.7. The minimum absolute atomic E-state index is 0.0310. The largest absolute Gasteiger partial charge is 0.376 e. The summed E-state index contributed by atoms with van der Waals surface area (Å²) < 4.78 is 6.84. The van der Waals surface area contributed by atoms with Crippen molar-refractivity contribution in [2.75, 3.05) is 24.3 Å². The van der Waals surface area contributed by atoms with Crippen LogP contribution in [-0.2, 0) is 4.74 Å². The molecule has 140 valence electrons. The molecule has 0 spiro atoms. The van der Waals surface area contributed by atoms with Crippen LogP contribution >= 0.6 is 34.7 Å². The highest BCUT2D eigenvalue weighted by Gasteiger charge is 2.28. The molecule has 4 nitrogen and oxygen atoms in total. The SMILES string of the molecule is CSc1ccc(Cl)c(C(=O)N(CC2CCCO2)c2nc3ccccc3s2)c1. The minimum atomic E-state index is -0.134. The summed E-state index contributed by atoms with van der Waals surface area (Å²) in [6, 6.07) is 13.5. The van der Waals surface area contributed by atoms with Crippen LogP contribution in [0.1, 0.15) is 23.2 Å². The monoisotopic (exact) mass is 418 g/mol. The van der Waals surface area contributed by atoms with E-state index in [4.69, 9.17) is 21.3 Å². The number of halogens is 1. The van der Waals surface area contributed by atoms with E-state index < -0.39 is 0 Å². The van der Waals surface area contributed by atoms with Crippen LogP contribution in [0.5, 0.6) is 0 Å². The van der Waals surface area contributed by atoms with Gasteiger partial charge in [0.2, 0.25) is 0 Å². The molecular formula is C20H19ClN2O2S2. The fourth-order valence-electron chi connectivity index (χ4n) is 3.16. The van der Waals surface area contributed by atoms with E-state index in [1.54, 1.807) is 22.7 Å². The van der Waals surface area contributed by atoms with Gasteiger partial charge in [-0.1, -0.05) is 35.1 Å². The third-order valence-corrected chi connectivity index (χ3v) is 6.69. The maximum atomic E-state index is 13.4. The molecule has 0 aliphatic carbocycles. The van der Waals surface area contributed by atoms with Crippen molar-refractivity contribution in [3.05, 3.63) is 53.1 Å². The zero-order chi connectivity index (χ0) is 18.8. The number of carbonyl (C=O) groups excluding carboxylic acids is 1. The summed E-state index contributed by atoms with van der Waals surface area (Å²) in [5.74, 6) is -0.134. The molecule has 1 saturated heterocycles. The van der Waals surface area contributed by atoms with Gasteiger partial charge in [-0.15, -0.1) is 11.8 Å². The van der Waals surface area contributed by atoms with Gasteiger partial charge in [0.05, 0.1) is 33.5 Å². The predicted molar refractivity (Wildman–Crippen MR) is 114 cm³/mol. The van der Waals surface area contributed by atoms with Crippen LogP contribution in [0, 0.1) is 0 Å². The molecule has 1 aliphatic rings. The molecule has 1 atom stereocenters. The Balaban J connectivity index is 1.73. The number of carbonyl (C=O) groups is 1. The minimum Gasteiger partial charge on any atom is -0.376 e. The lowest BCUT2D eigenvalue weighted by Gasteiger charge is -2.23. The number of amides is 1. The Morgan fingerprint density at radius 3 is 2.96 bits per heavy atom. The number of para-hydroxylation sites is 1. The van der Waals surface area contributed by atoms with E-state index in [9.17, 15) is 4.79 Å². The van der Waals surface area contributed by atoms with Crippen LogP contribution in [0.15, 0.2) is 47.4 Å². The lowest BCUT2D eigenvalue weighted by molar-refractivity contribution is 0.0917. The van der Waals surface area contributed by atoms with Crippen molar-refractivity contribution in [2.45, 2.75) is 23.8 Å². The molecule has 2 heterocycles. The number of nitrogens with zero attached hydrogens (tertiary/aromatic N) is 2. The Kier molecular flexibility index (Phi) is 5.68. The van der Waals surface area contributed by atoms with Gasteiger partial charge in [-0.2, -0.15) is 0 Å². The number of ether oxygens (including phenoxy) is 1. The number of rotatable bonds is 5. The van der Waals surface area contributed by atoms with Crippen LogP contribution < -0.4 is 4.90 Å². The first-order valence-corrected chi connectivity index (χ1v) is 11.2. The second-order valence-electron chi connectivity index (χ2n) is 6.36. The van der Waals surface area contributed by atoms with Crippen molar-refractivity contribution >= 4 is 56.0 Å². The van der Waals surface area contributed by atoms with E-state index in [2.05, 4.69) is 0 Å². The summed E-state index contributed by atoms with van der Waals surface area (Å²) in [4.78, 5) is 20.9. The Hall–Kier alpha value is -1.60. The zero-order valence-corrected chi connectivity index (χ0v) is 17.2. The Morgan fingerprint density at radius 1 is 1.37 bits per heavy atom. The Morgan fingerprint density at radius 2 is 2.22 bits per heavy atom. The first-order chi connectivity index (χ1) is 13.2. The van der Waals surface area contributed by atoms with Crippen molar-refractivity contribution in [1.29, 1.82) is 0 Å². The van der Waals surface area contributed by atoms with Gasteiger partial charge in [-0.25, -0.2) is 4.98 Å². The maximum Gasteiger partial charge on any atom is 0.261 e. The average Bonchev–Trinajstić information content (AvgIpc) is 3.35. The lowest BCUT2D eigenvalue weighted by Crippen LogP contribution is -2.37. The first kappa shape index (κ1) is 18.7. The van der Waals surface area contributed by atoms with Crippen LogP contribution in [-0.4, -0.2) is 36.4 Å². The maximum absolute atomic E-state index is 13.4. The van der Waals surface area contributed by atoms with Crippen molar-refractivity contribution in [1.82, 2.24) is 4.98 Å². The number of thioether (sulfide) groups is 1. The van der Waals surface area contributed by atoms with Gasteiger partial charge in [0, 0.05) is 11.5 Å². The molecule has 0 saturated carbocycles. The fraction of sp³-hybridized carbons (Fsp3) is 0.300. The second-order valence-corrected chi connectivity index (χ2v) is 8.66. The summed E-state index contributed by atoms with van der Waals surface area (Å²) in [6.45, 7) is 1.23. The highest BCUT2D eigenvalue weighted by atomic mass is 35.5. The van der Waals surface area contributed by atoms with Gasteiger partial charge in [0.25, 0.3) is 5.91 Å². The summed E-state index contributed by atoms with van der Waals surface area (Å²) in [5.41, 5.74) is 1.40. The molecule has 0 N–H and O–H groups in total. The summed E-state index contributed by atoms with van der Waals surface area (Å²) in [5, 5.41) is 1.14. The van der Waals surface area contributed by atoms with Crippen LogP contribution in [0.3, 0.4) is 0 Å². The second kappa shape index (κ2) is 8.19. The number of aromatic nitrogens is 1. The number of anilines is 1. The van der Waals surface area contributed by atoms with E-state index in [1.165, 1.54) is 11.3 Å². The van der Waals surface area contributed by atoms with Crippen LogP contribution in [0.4, 0.5) is 5.13 Å².